The summed E-state index contributed by atoms with van der Waals surface area (Å²) in [6.45, 7) is 8.89. The molecular formula is C16H22N2O3. The summed E-state index contributed by atoms with van der Waals surface area (Å²) in [6, 6.07) is 7.28. The van der Waals surface area contributed by atoms with Gasteiger partial charge >= 0.3 is 5.97 Å². The van der Waals surface area contributed by atoms with Crippen LogP contribution in [0, 0.1) is 16.7 Å². The van der Waals surface area contributed by atoms with E-state index in [4.69, 9.17) is 9.47 Å². The van der Waals surface area contributed by atoms with E-state index in [1.165, 1.54) is 0 Å². The van der Waals surface area contributed by atoms with Crippen LogP contribution >= 0.6 is 0 Å². The summed E-state index contributed by atoms with van der Waals surface area (Å²) < 4.78 is 10.5. The molecule has 0 saturated heterocycles. The van der Waals surface area contributed by atoms with Gasteiger partial charge in [0.1, 0.15) is 18.4 Å². The van der Waals surface area contributed by atoms with E-state index >= 15 is 0 Å². The Balaban J connectivity index is 2.70. The molecule has 0 unspecified atom stereocenters. The molecule has 0 aromatic heterocycles. The minimum Gasteiger partial charge on any atom is -0.492 e. The van der Waals surface area contributed by atoms with E-state index in [0.29, 0.717) is 30.2 Å². The highest BCUT2D eigenvalue weighted by Crippen LogP contribution is 2.24. The van der Waals surface area contributed by atoms with Crippen molar-refractivity contribution in [1.82, 2.24) is 0 Å². The molecule has 0 fully saturated rings. The number of benzene rings is 1. The first-order valence-electron chi connectivity index (χ1n) is 6.92. The molecule has 1 aromatic rings. The summed E-state index contributed by atoms with van der Waals surface area (Å²) in [6.07, 6.45) is 0. The Morgan fingerprint density at radius 3 is 2.67 bits per heavy atom. The number of anilines is 1. The van der Waals surface area contributed by atoms with Gasteiger partial charge in [-0.25, -0.2) is 0 Å². The van der Waals surface area contributed by atoms with Crippen LogP contribution < -0.4 is 10.1 Å². The van der Waals surface area contributed by atoms with E-state index in [-0.39, 0.29) is 17.9 Å². The van der Waals surface area contributed by atoms with Crippen LogP contribution in [-0.2, 0) is 9.53 Å². The van der Waals surface area contributed by atoms with Crippen LogP contribution in [0.5, 0.6) is 5.75 Å². The maximum Gasteiger partial charge on any atom is 0.325 e. The van der Waals surface area contributed by atoms with Crippen molar-refractivity contribution in [2.24, 2.45) is 5.41 Å². The number of esters is 1. The third-order valence-corrected chi connectivity index (χ3v) is 2.50. The number of nitriles is 1. The molecule has 0 radical (unpaired) electrons. The minimum atomic E-state index is -0.330. The van der Waals surface area contributed by atoms with Crippen LogP contribution in [0.4, 0.5) is 5.69 Å². The maximum absolute atomic E-state index is 11.3. The smallest absolute Gasteiger partial charge is 0.325 e. The second-order valence-electron chi connectivity index (χ2n) is 5.83. The van der Waals surface area contributed by atoms with Crippen LogP contribution in [0.2, 0.25) is 0 Å². The van der Waals surface area contributed by atoms with E-state index in [1.807, 2.05) is 0 Å². The van der Waals surface area contributed by atoms with Crippen molar-refractivity contribution in [1.29, 1.82) is 5.26 Å². The molecule has 21 heavy (non-hydrogen) atoms. The van der Waals surface area contributed by atoms with Crippen LogP contribution in [0.25, 0.3) is 0 Å². The van der Waals surface area contributed by atoms with Gasteiger partial charge in [0.25, 0.3) is 0 Å². The molecule has 0 aliphatic carbocycles. The first kappa shape index (κ1) is 16.8. The molecule has 5 nitrogen and oxygen atoms in total. The summed E-state index contributed by atoms with van der Waals surface area (Å²) in [5.74, 6) is 0.221. The Bertz CT molecular complexity index is 527. The van der Waals surface area contributed by atoms with Gasteiger partial charge in [-0.3, -0.25) is 4.79 Å². The van der Waals surface area contributed by atoms with Gasteiger partial charge in [-0.15, -0.1) is 0 Å². The average Bonchev–Trinajstić information content (AvgIpc) is 2.42. The molecular weight excluding hydrogens is 268 g/mol. The molecule has 0 amide bonds. The number of ether oxygens (including phenoxy) is 2. The molecule has 5 heteroatoms. The first-order chi connectivity index (χ1) is 9.85. The zero-order valence-electron chi connectivity index (χ0n) is 13.0. The molecule has 0 heterocycles. The molecule has 0 bridgehead atoms. The topological polar surface area (TPSA) is 71.3 Å². The van der Waals surface area contributed by atoms with Gasteiger partial charge in [-0.2, -0.15) is 5.26 Å². The third kappa shape index (κ3) is 6.17. The highest BCUT2D eigenvalue weighted by molar-refractivity contribution is 5.75. The molecule has 1 N–H and O–H groups in total. The van der Waals surface area contributed by atoms with Gasteiger partial charge in [-0.05, 0) is 30.5 Å². The standard InChI is InChI=1S/C16H22N2O3/c1-5-20-15(19)10-18-13-6-7-14(12(8-13)9-17)21-11-16(2,3)4/h6-8,18H,5,10-11H2,1-4H3. The highest BCUT2D eigenvalue weighted by atomic mass is 16.5. The highest BCUT2D eigenvalue weighted by Gasteiger charge is 2.13. The lowest BCUT2D eigenvalue weighted by Gasteiger charge is -2.19. The molecule has 0 aliphatic heterocycles. The van der Waals surface area contributed by atoms with Gasteiger partial charge in [0.15, 0.2) is 0 Å². The minimum absolute atomic E-state index is 0.0214. The van der Waals surface area contributed by atoms with E-state index in [0.717, 1.165) is 0 Å². The number of carbonyl (C=O) groups is 1. The number of hydrogen-bond acceptors (Lipinski definition) is 5. The van der Waals surface area contributed by atoms with Crippen molar-refractivity contribution in [2.75, 3.05) is 25.1 Å². The quantitative estimate of drug-likeness (QED) is 0.815. The van der Waals surface area contributed by atoms with Crippen molar-refractivity contribution in [3.8, 4) is 11.8 Å². The van der Waals surface area contributed by atoms with Crippen molar-refractivity contribution >= 4 is 11.7 Å². The third-order valence-electron chi connectivity index (χ3n) is 2.50. The number of carbonyl (C=O) groups excluding carboxylic acids is 1. The fraction of sp³-hybridized carbons (Fsp3) is 0.500. The van der Waals surface area contributed by atoms with Gasteiger partial charge in [-0.1, -0.05) is 20.8 Å². The van der Waals surface area contributed by atoms with Gasteiger partial charge in [0.05, 0.1) is 18.8 Å². The fourth-order valence-corrected chi connectivity index (χ4v) is 1.53. The predicted molar refractivity (Wildman–Crippen MR) is 81.2 cm³/mol. The summed E-state index contributed by atoms with van der Waals surface area (Å²) in [4.78, 5) is 11.3. The Morgan fingerprint density at radius 1 is 1.38 bits per heavy atom. The number of nitrogens with zero attached hydrogens (tertiary/aromatic N) is 1. The Morgan fingerprint density at radius 2 is 2.10 bits per heavy atom. The second kappa shape index (κ2) is 7.53. The van der Waals surface area contributed by atoms with Crippen molar-refractivity contribution in [2.45, 2.75) is 27.7 Å². The van der Waals surface area contributed by atoms with Crippen LogP contribution in [0.3, 0.4) is 0 Å². The number of hydrogen-bond donors (Lipinski definition) is 1. The SMILES string of the molecule is CCOC(=O)CNc1ccc(OCC(C)(C)C)c(C#N)c1. The van der Waals surface area contributed by atoms with E-state index in [2.05, 4.69) is 32.2 Å². The van der Waals surface area contributed by atoms with Crippen LogP contribution in [-0.4, -0.2) is 25.7 Å². The molecule has 0 aliphatic rings. The van der Waals surface area contributed by atoms with Crippen molar-refractivity contribution < 1.29 is 14.3 Å². The Labute approximate surface area is 125 Å². The number of nitrogens with one attached hydrogen (secondary N) is 1. The monoisotopic (exact) mass is 290 g/mol. The summed E-state index contributed by atoms with van der Waals surface area (Å²) in [5, 5.41) is 12.1. The second-order valence-corrected chi connectivity index (χ2v) is 5.83. The Kier molecular flexibility index (Phi) is 6.04. The van der Waals surface area contributed by atoms with Crippen molar-refractivity contribution in [3.63, 3.8) is 0 Å². The molecule has 0 spiro atoms. The lowest BCUT2D eigenvalue weighted by molar-refractivity contribution is -0.140. The van der Waals surface area contributed by atoms with Gasteiger partial charge in [0.2, 0.25) is 0 Å². The molecule has 1 aromatic carbocycles. The van der Waals surface area contributed by atoms with Gasteiger partial charge < -0.3 is 14.8 Å². The van der Waals surface area contributed by atoms with Crippen LogP contribution in [0.1, 0.15) is 33.3 Å². The number of rotatable bonds is 6. The first-order valence-corrected chi connectivity index (χ1v) is 6.92. The van der Waals surface area contributed by atoms with Crippen LogP contribution in [0.15, 0.2) is 18.2 Å². The molecule has 114 valence electrons. The summed E-state index contributed by atoms with van der Waals surface area (Å²) in [7, 11) is 0. The van der Waals surface area contributed by atoms with Gasteiger partial charge in [0, 0.05) is 5.69 Å². The van der Waals surface area contributed by atoms with E-state index < -0.39 is 0 Å². The van der Waals surface area contributed by atoms with E-state index in [1.54, 1.807) is 25.1 Å². The largest absolute Gasteiger partial charge is 0.492 e. The van der Waals surface area contributed by atoms with Crippen molar-refractivity contribution in [3.05, 3.63) is 23.8 Å². The lowest BCUT2D eigenvalue weighted by Crippen LogP contribution is -2.18. The fourth-order valence-electron chi connectivity index (χ4n) is 1.53. The zero-order chi connectivity index (χ0) is 15.9. The molecule has 0 atom stereocenters. The lowest BCUT2D eigenvalue weighted by atomic mass is 9.98. The Hall–Kier alpha value is -2.22. The normalized spacial score (nSPS) is 10.6. The van der Waals surface area contributed by atoms with E-state index in [9.17, 15) is 10.1 Å². The maximum atomic E-state index is 11.3. The summed E-state index contributed by atoms with van der Waals surface area (Å²) in [5.41, 5.74) is 1.14. The molecule has 0 saturated carbocycles. The summed E-state index contributed by atoms with van der Waals surface area (Å²) >= 11 is 0. The molecule has 1 rings (SSSR count). The average molecular weight is 290 g/mol. The zero-order valence-corrected chi connectivity index (χ0v) is 13.0. The predicted octanol–water partition coefficient (Wildman–Crippen LogP) is 2.96.